The van der Waals surface area contributed by atoms with Crippen LogP contribution in [-0.4, -0.2) is 0 Å². The topological polar surface area (TPSA) is 13.1 Å². The number of fused-ring (bicyclic) bond motifs is 13. The van der Waals surface area contributed by atoms with E-state index in [1.165, 1.54) is 113 Å². The van der Waals surface area contributed by atoms with Crippen LogP contribution < -0.4 is 0 Å². The zero-order valence-corrected chi connectivity index (χ0v) is 35.4. The highest BCUT2D eigenvalue weighted by Crippen LogP contribution is 2.49. The molecule has 12 aromatic carbocycles. The van der Waals surface area contributed by atoms with E-state index in [0.29, 0.717) is 0 Å². The Morgan fingerprint density at radius 1 is 0.266 bits per heavy atom. The van der Waals surface area contributed by atoms with Gasteiger partial charge in [-0.3, -0.25) is 0 Å². The van der Waals surface area contributed by atoms with Gasteiger partial charge in [0, 0.05) is 31.6 Å². The van der Waals surface area contributed by atoms with Gasteiger partial charge in [-0.2, -0.15) is 0 Å². The van der Waals surface area contributed by atoms with Crippen molar-refractivity contribution < 1.29 is 4.42 Å². The SMILES string of the molecule is c1cc(-c2cccc3ccccc23)cc(-c2c3ccccc3c(-c3ccc(-c4cc5c6ccc7c8ccccc8sc7c6oc5c5ccccc45)c4ccccc34)c3ccccc23)c1. The molecule has 0 aliphatic heterocycles. The van der Waals surface area contributed by atoms with Gasteiger partial charge in [-0.1, -0.05) is 194 Å². The van der Waals surface area contributed by atoms with E-state index < -0.39 is 0 Å². The molecular weight excluding hydrogens is 793 g/mol. The summed E-state index contributed by atoms with van der Waals surface area (Å²) >= 11 is 1.82. The average Bonchev–Trinajstić information content (AvgIpc) is 3.94. The lowest BCUT2D eigenvalue weighted by atomic mass is 9.83. The van der Waals surface area contributed by atoms with Crippen LogP contribution in [0.3, 0.4) is 0 Å². The lowest BCUT2D eigenvalue weighted by Gasteiger charge is -2.20. The third kappa shape index (κ3) is 5.12. The molecule has 2 heterocycles. The van der Waals surface area contributed by atoms with Crippen LogP contribution in [0.2, 0.25) is 0 Å². The van der Waals surface area contributed by atoms with Crippen LogP contribution >= 0.6 is 11.3 Å². The molecule has 0 spiro atoms. The fraction of sp³-hybridized carbons (Fsp3) is 0. The smallest absolute Gasteiger partial charge is 0.153 e. The number of benzene rings is 12. The zero-order chi connectivity index (χ0) is 41.9. The predicted molar refractivity (Wildman–Crippen MR) is 276 cm³/mol. The fourth-order valence-corrected chi connectivity index (χ4v) is 12.0. The van der Waals surface area contributed by atoms with Gasteiger partial charge < -0.3 is 4.42 Å². The molecule has 0 bridgehead atoms. The summed E-state index contributed by atoms with van der Waals surface area (Å²) in [6, 6.07) is 80.5. The summed E-state index contributed by atoms with van der Waals surface area (Å²) in [5.74, 6) is 0. The zero-order valence-electron chi connectivity index (χ0n) is 34.6. The Kier molecular flexibility index (Phi) is 7.63. The van der Waals surface area contributed by atoms with E-state index in [9.17, 15) is 0 Å². The Hall–Kier alpha value is -8.04. The summed E-state index contributed by atoms with van der Waals surface area (Å²) in [5, 5.41) is 17.1. The summed E-state index contributed by atoms with van der Waals surface area (Å²) in [7, 11) is 0. The van der Waals surface area contributed by atoms with Gasteiger partial charge in [0.1, 0.15) is 5.58 Å². The lowest BCUT2D eigenvalue weighted by Crippen LogP contribution is -1.93. The van der Waals surface area contributed by atoms with Gasteiger partial charge in [0.15, 0.2) is 5.58 Å². The first-order valence-electron chi connectivity index (χ1n) is 22.0. The van der Waals surface area contributed by atoms with Crippen LogP contribution in [0, 0.1) is 0 Å². The fourth-order valence-electron chi connectivity index (χ4n) is 10.9. The van der Waals surface area contributed by atoms with Crippen molar-refractivity contribution >= 4 is 107 Å². The van der Waals surface area contributed by atoms with Crippen molar-refractivity contribution in [2.75, 3.05) is 0 Å². The van der Waals surface area contributed by atoms with Crippen LogP contribution in [0.25, 0.3) is 140 Å². The summed E-state index contributed by atoms with van der Waals surface area (Å²) in [5.41, 5.74) is 11.8. The standard InChI is InChI=1S/C62H36OS/c1-2-19-40-37(15-1)16-14-29-41(40)38-17-13-18-39(35-38)58-47-24-6-8-26-49(47)59(50-27-9-7-25-48(50)58)51-32-31-45(42-20-3-4-21-43(42)51)55-36-56-53-33-34-54-46-23-11-12-30-57(46)64-62(54)61(53)63-60(56)52-28-10-5-22-44(52)55/h1-36H. The van der Waals surface area contributed by atoms with E-state index >= 15 is 0 Å². The van der Waals surface area contributed by atoms with Gasteiger partial charge in [0.05, 0.1) is 4.70 Å². The molecule has 0 atom stereocenters. The first-order chi connectivity index (χ1) is 31.8. The molecule has 2 heteroatoms. The Labute approximate surface area is 372 Å². The number of furan rings is 1. The Morgan fingerprint density at radius 2 is 0.781 bits per heavy atom. The first kappa shape index (κ1) is 35.5. The summed E-state index contributed by atoms with van der Waals surface area (Å²) in [6.45, 7) is 0. The predicted octanol–water partition coefficient (Wildman–Crippen LogP) is 18.4. The molecule has 0 aliphatic carbocycles. The van der Waals surface area contributed by atoms with E-state index in [-0.39, 0.29) is 0 Å². The van der Waals surface area contributed by atoms with Crippen molar-refractivity contribution in [3.63, 3.8) is 0 Å². The van der Waals surface area contributed by atoms with Crippen molar-refractivity contribution in [1.29, 1.82) is 0 Å². The quantitative estimate of drug-likeness (QED) is 0.161. The largest absolute Gasteiger partial charge is 0.454 e. The number of hydrogen-bond donors (Lipinski definition) is 0. The molecule has 0 amide bonds. The summed E-state index contributed by atoms with van der Waals surface area (Å²) < 4.78 is 9.43. The summed E-state index contributed by atoms with van der Waals surface area (Å²) in [6.07, 6.45) is 0. The molecule has 1 nitrogen and oxygen atoms in total. The maximum atomic E-state index is 6.94. The van der Waals surface area contributed by atoms with Crippen molar-refractivity contribution in [2.24, 2.45) is 0 Å². The van der Waals surface area contributed by atoms with Crippen LogP contribution in [-0.2, 0) is 0 Å². The van der Waals surface area contributed by atoms with Crippen LogP contribution in [0.5, 0.6) is 0 Å². The molecule has 0 unspecified atom stereocenters. The van der Waals surface area contributed by atoms with Crippen LogP contribution in [0.1, 0.15) is 0 Å². The molecule has 296 valence electrons. The molecule has 0 radical (unpaired) electrons. The van der Waals surface area contributed by atoms with Gasteiger partial charge in [0.2, 0.25) is 0 Å². The van der Waals surface area contributed by atoms with Crippen molar-refractivity contribution in [2.45, 2.75) is 0 Å². The number of thiophene rings is 1. The molecule has 14 aromatic rings. The normalized spacial score (nSPS) is 12.1. The van der Waals surface area contributed by atoms with Crippen molar-refractivity contribution in [3.8, 4) is 44.5 Å². The number of rotatable bonds is 4. The third-order valence-electron chi connectivity index (χ3n) is 13.7. The van der Waals surface area contributed by atoms with Gasteiger partial charge in [0.25, 0.3) is 0 Å². The minimum Gasteiger partial charge on any atom is -0.454 e. The van der Waals surface area contributed by atoms with Gasteiger partial charge >= 0.3 is 0 Å². The van der Waals surface area contributed by atoms with Crippen molar-refractivity contribution in [3.05, 3.63) is 218 Å². The molecule has 14 rings (SSSR count). The van der Waals surface area contributed by atoms with E-state index in [1.54, 1.807) is 0 Å². The average molecular weight is 829 g/mol. The highest BCUT2D eigenvalue weighted by molar-refractivity contribution is 7.26. The second-order valence-corrected chi connectivity index (χ2v) is 18.1. The van der Waals surface area contributed by atoms with Gasteiger partial charge in [-0.25, -0.2) is 0 Å². The Morgan fingerprint density at radius 3 is 1.53 bits per heavy atom. The van der Waals surface area contributed by atoms with Crippen LogP contribution in [0.4, 0.5) is 0 Å². The number of hydrogen-bond acceptors (Lipinski definition) is 2. The highest BCUT2D eigenvalue weighted by Gasteiger charge is 2.22. The van der Waals surface area contributed by atoms with E-state index in [1.807, 2.05) is 11.3 Å². The second-order valence-electron chi connectivity index (χ2n) is 17.0. The molecule has 0 N–H and O–H groups in total. The Balaban J connectivity index is 0.996. The Bertz CT molecular complexity index is 4200. The van der Waals surface area contributed by atoms with E-state index in [2.05, 4.69) is 218 Å². The molecule has 0 aliphatic rings. The third-order valence-corrected chi connectivity index (χ3v) is 14.8. The van der Waals surface area contributed by atoms with Crippen molar-refractivity contribution in [1.82, 2.24) is 0 Å². The minimum absolute atomic E-state index is 0.945. The maximum absolute atomic E-state index is 6.94. The molecule has 0 saturated carbocycles. The lowest BCUT2D eigenvalue weighted by molar-refractivity contribution is 0.677. The maximum Gasteiger partial charge on any atom is 0.153 e. The monoisotopic (exact) mass is 828 g/mol. The minimum atomic E-state index is 0.945. The molecule has 2 aromatic heterocycles. The molecule has 64 heavy (non-hydrogen) atoms. The van der Waals surface area contributed by atoms with Crippen LogP contribution in [0.15, 0.2) is 223 Å². The molecule has 0 fully saturated rings. The van der Waals surface area contributed by atoms with Gasteiger partial charge in [-0.05, 0) is 117 Å². The van der Waals surface area contributed by atoms with E-state index in [4.69, 9.17) is 4.42 Å². The van der Waals surface area contributed by atoms with Gasteiger partial charge in [-0.15, -0.1) is 11.3 Å². The summed E-state index contributed by atoms with van der Waals surface area (Å²) in [4.78, 5) is 0. The highest BCUT2D eigenvalue weighted by atomic mass is 32.1. The van der Waals surface area contributed by atoms with E-state index in [0.717, 1.165) is 27.3 Å². The molecule has 0 saturated heterocycles. The molecular formula is C62H36OS. The second kappa shape index (κ2) is 13.7. The first-order valence-corrected chi connectivity index (χ1v) is 22.8.